The number of carbonyl (C=O) groups is 1. The van der Waals surface area contributed by atoms with E-state index in [9.17, 15) is 10.1 Å². The number of rotatable bonds is 18. The van der Waals surface area contributed by atoms with Crippen molar-refractivity contribution in [1.82, 2.24) is 24.2 Å². The van der Waals surface area contributed by atoms with Crippen LogP contribution in [0.2, 0.25) is 0 Å². The Morgan fingerprint density at radius 1 is 0.862 bits per heavy atom. The molecule has 7 atom stereocenters. The zero-order chi connectivity index (χ0) is 45.9. The lowest BCUT2D eigenvalue weighted by Crippen LogP contribution is -2.53. The van der Waals surface area contributed by atoms with E-state index in [0.29, 0.717) is 28.2 Å². The van der Waals surface area contributed by atoms with Gasteiger partial charge >= 0.3 is 0 Å². The lowest BCUT2D eigenvalue weighted by Gasteiger charge is -2.43. The zero-order valence-corrected chi connectivity index (χ0v) is 38.6. The fourth-order valence-corrected chi connectivity index (χ4v) is 10.6. The number of methoxy groups -OCH3 is 2. The molecule has 2 unspecified atom stereocenters. The molecule has 2 aromatic heterocycles. The lowest BCUT2D eigenvalue weighted by atomic mass is 9.79. The van der Waals surface area contributed by atoms with Crippen molar-refractivity contribution in [3.05, 3.63) is 144 Å². The molecule has 15 nitrogen and oxygen atoms in total. The molecule has 4 heterocycles. The van der Waals surface area contributed by atoms with Crippen LogP contribution in [0.1, 0.15) is 74.8 Å². The number of nitrogens with zero attached hydrogens (tertiary/aromatic N) is 6. The maximum absolute atomic E-state index is 13.3. The Kier molecular flexibility index (Phi) is 13.6. The minimum absolute atomic E-state index is 0.0111. The van der Waals surface area contributed by atoms with Crippen molar-refractivity contribution in [2.75, 3.05) is 26.1 Å². The van der Waals surface area contributed by atoms with E-state index < -0.39 is 50.4 Å². The molecule has 2 fully saturated rings. The first-order chi connectivity index (χ1) is 31.4. The van der Waals surface area contributed by atoms with Crippen LogP contribution in [0, 0.1) is 11.3 Å². The number of aromatic nitrogens is 4. The summed E-state index contributed by atoms with van der Waals surface area (Å²) >= 11 is 0. The normalized spacial score (nSPS) is 21.4. The van der Waals surface area contributed by atoms with Crippen molar-refractivity contribution in [3.8, 4) is 17.6 Å². The van der Waals surface area contributed by atoms with Crippen molar-refractivity contribution < 1.29 is 37.5 Å². The zero-order valence-electron chi connectivity index (χ0n) is 37.7. The molecular weight excluding hydrogens is 846 g/mol. The fraction of sp³-hybridized carbons (Fsp3) is 0.367. The van der Waals surface area contributed by atoms with E-state index in [4.69, 9.17) is 37.7 Å². The Bertz CT molecular complexity index is 2540. The molecule has 1 N–H and O–H groups in total. The number of fused-ring (bicyclic) bond motifs is 3. The first-order valence-corrected chi connectivity index (χ1v) is 22.7. The standard InChI is InChI=1S/C49H54N7O8P/c1-31(2)56(32(3)4)65(63-33(5)27-50)64-43-42-47(55-30-53-41-44(51-29-52-45(41)55)54-46(57)35-15-11-9-12-16-35)62-48(43,34(6)61-42)28-60-49(36-17-13-10-14-18-36,37-19-23-39(58-7)24-20-37)38-21-25-40(59-8)26-22-38/h9-26,29-34,42-43,47H,28H2,1-8H3,(H,51,52,54,57)/t33?,34-,42-,43+,47-,48+,65?/m1/s1. The molecule has 8 rings (SSSR count). The van der Waals surface area contributed by atoms with Crippen molar-refractivity contribution >= 4 is 31.4 Å². The predicted molar refractivity (Wildman–Crippen MR) is 245 cm³/mol. The van der Waals surface area contributed by atoms with Gasteiger partial charge in [-0.05, 0) is 94.6 Å². The maximum Gasteiger partial charge on any atom is 0.261 e. The highest BCUT2D eigenvalue weighted by Gasteiger charge is 2.68. The maximum atomic E-state index is 13.3. The van der Waals surface area contributed by atoms with E-state index in [0.717, 1.165) is 16.7 Å². The van der Waals surface area contributed by atoms with Gasteiger partial charge in [-0.1, -0.05) is 72.8 Å². The monoisotopic (exact) mass is 899 g/mol. The number of ether oxygens (including phenoxy) is 5. The third-order valence-electron chi connectivity index (χ3n) is 11.9. The predicted octanol–water partition coefficient (Wildman–Crippen LogP) is 8.82. The summed E-state index contributed by atoms with van der Waals surface area (Å²) in [4.78, 5) is 27.0. The average molecular weight is 900 g/mol. The number of imidazole rings is 1. The highest BCUT2D eigenvalue weighted by molar-refractivity contribution is 7.44. The van der Waals surface area contributed by atoms with Gasteiger partial charge in [0, 0.05) is 17.6 Å². The van der Waals surface area contributed by atoms with Gasteiger partial charge in [-0.25, -0.2) is 19.6 Å². The molecule has 1 amide bonds. The van der Waals surface area contributed by atoms with Gasteiger partial charge in [0.05, 0.1) is 39.3 Å². The molecule has 16 heteroatoms. The van der Waals surface area contributed by atoms with Gasteiger partial charge in [0.2, 0.25) is 0 Å². The minimum Gasteiger partial charge on any atom is -0.497 e. The Hall–Kier alpha value is -5.82. The van der Waals surface area contributed by atoms with Crippen LogP contribution in [-0.4, -0.2) is 93.0 Å². The SMILES string of the molecule is COc1ccc(C(OC[C@]23O[C@@H](n4cnc5c(NC(=O)c6ccccc6)ncnc54)[C@H](O[C@@H]2C)[C@@H]3OP(OC(C)C#N)N(C(C)C)C(C)C)(c2ccccc2)c2ccc(OC)cc2)cc1. The van der Waals surface area contributed by atoms with Gasteiger partial charge in [0.25, 0.3) is 14.4 Å². The number of benzene rings is 4. The molecule has 2 saturated heterocycles. The summed E-state index contributed by atoms with van der Waals surface area (Å²) in [6.07, 6.45) is -0.769. The Balaban J connectivity index is 1.26. The molecule has 65 heavy (non-hydrogen) atoms. The van der Waals surface area contributed by atoms with Gasteiger partial charge < -0.3 is 38.0 Å². The molecule has 0 spiro atoms. The van der Waals surface area contributed by atoms with Gasteiger partial charge in [0.15, 0.2) is 23.2 Å². The number of hydrogen-bond donors (Lipinski definition) is 1. The van der Waals surface area contributed by atoms with Crippen molar-refractivity contribution in [3.63, 3.8) is 0 Å². The van der Waals surface area contributed by atoms with Gasteiger partial charge in [-0.15, -0.1) is 0 Å². The van der Waals surface area contributed by atoms with Crippen LogP contribution in [0.5, 0.6) is 11.5 Å². The second kappa shape index (κ2) is 19.3. The quantitative estimate of drug-likeness (QED) is 0.0644. The number of nitriles is 1. The molecule has 2 bridgehead atoms. The Morgan fingerprint density at radius 3 is 2.02 bits per heavy atom. The van der Waals surface area contributed by atoms with Crippen LogP contribution in [0.4, 0.5) is 5.82 Å². The van der Waals surface area contributed by atoms with E-state index in [1.807, 2.05) is 91.9 Å². The molecule has 2 aliphatic rings. The van der Waals surface area contributed by atoms with Crippen LogP contribution < -0.4 is 14.8 Å². The third-order valence-corrected chi connectivity index (χ3v) is 14.1. The lowest BCUT2D eigenvalue weighted by molar-refractivity contribution is -0.230. The van der Waals surface area contributed by atoms with Crippen LogP contribution >= 0.6 is 8.53 Å². The first kappa shape index (κ1) is 45.7. The third kappa shape index (κ3) is 8.71. The Labute approximate surface area is 380 Å². The van der Waals surface area contributed by atoms with Crippen LogP contribution in [0.25, 0.3) is 11.2 Å². The van der Waals surface area contributed by atoms with E-state index >= 15 is 0 Å². The van der Waals surface area contributed by atoms with E-state index in [-0.39, 0.29) is 30.4 Å². The highest BCUT2D eigenvalue weighted by Crippen LogP contribution is 2.58. The van der Waals surface area contributed by atoms with E-state index in [1.54, 1.807) is 56.3 Å². The van der Waals surface area contributed by atoms with Crippen molar-refractivity contribution in [2.45, 2.75) is 95.5 Å². The molecule has 2 aliphatic heterocycles. The second-order valence-corrected chi connectivity index (χ2v) is 17.9. The number of anilines is 1. The molecule has 0 aliphatic carbocycles. The highest BCUT2D eigenvalue weighted by atomic mass is 31.2. The second-order valence-electron chi connectivity index (χ2n) is 16.6. The first-order valence-electron chi connectivity index (χ1n) is 21.6. The summed E-state index contributed by atoms with van der Waals surface area (Å²) in [6, 6.07) is 36.8. The number of hydrogen-bond acceptors (Lipinski definition) is 13. The summed E-state index contributed by atoms with van der Waals surface area (Å²) in [5, 5.41) is 12.9. The largest absolute Gasteiger partial charge is 0.497 e. The summed E-state index contributed by atoms with van der Waals surface area (Å²) in [7, 11) is 1.39. The smallest absolute Gasteiger partial charge is 0.261 e. The van der Waals surface area contributed by atoms with Crippen LogP contribution in [-0.2, 0) is 28.9 Å². The number of nitrogens with one attached hydrogen (secondary N) is 1. The van der Waals surface area contributed by atoms with Crippen molar-refractivity contribution in [1.29, 1.82) is 5.26 Å². The van der Waals surface area contributed by atoms with Crippen LogP contribution in [0.3, 0.4) is 0 Å². The number of amides is 1. The molecule has 0 radical (unpaired) electrons. The topological polar surface area (TPSA) is 164 Å². The van der Waals surface area contributed by atoms with E-state index in [1.165, 1.54) is 6.33 Å². The molecular formula is C49H54N7O8P. The van der Waals surface area contributed by atoms with Gasteiger partial charge in [-0.3, -0.25) is 9.36 Å². The fourth-order valence-electron chi connectivity index (χ4n) is 8.76. The summed E-state index contributed by atoms with van der Waals surface area (Å²) in [6.45, 7) is 11.9. The summed E-state index contributed by atoms with van der Waals surface area (Å²) in [5.41, 5.74) is 1.27. The minimum atomic E-state index is -1.88. The van der Waals surface area contributed by atoms with E-state index in [2.05, 4.69) is 53.7 Å². The molecule has 0 saturated carbocycles. The molecule has 4 aromatic carbocycles. The van der Waals surface area contributed by atoms with Crippen molar-refractivity contribution in [2.24, 2.45) is 0 Å². The average Bonchev–Trinajstić information content (AvgIpc) is 3.97. The molecule has 338 valence electrons. The molecule has 6 aromatic rings. The van der Waals surface area contributed by atoms with Crippen LogP contribution in [0.15, 0.2) is 122 Å². The summed E-state index contributed by atoms with van der Waals surface area (Å²) < 4.78 is 50.7. The Morgan fingerprint density at radius 2 is 1.45 bits per heavy atom. The number of carbonyl (C=O) groups excluding carboxylic acids is 1. The van der Waals surface area contributed by atoms with Gasteiger partial charge in [0.1, 0.15) is 47.3 Å². The van der Waals surface area contributed by atoms with Gasteiger partial charge in [-0.2, -0.15) is 5.26 Å². The summed E-state index contributed by atoms with van der Waals surface area (Å²) in [5.74, 6) is 1.29.